The minimum atomic E-state index is -2.83. The molecule has 0 saturated carbocycles. The van der Waals surface area contributed by atoms with Crippen molar-refractivity contribution < 1.29 is 21.8 Å². The van der Waals surface area contributed by atoms with Gasteiger partial charge in [-0.15, -0.1) is 0 Å². The third-order valence-corrected chi connectivity index (χ3v) is 4.52. The third-order valence-electron chi connectivity index (χ3n) is 2.84. The largest absolute Gasteiger partial charge is 0.263 e. The molecule has 1 rings (SSSR count). The van der Waals surface area contributed by atoms with E-state index in [1.165, 1.54) is 0 Å². The molecule has 0 aromatic heterocycles. The second-order valence-corrected chi connectivity index (χ2v) is 7.75. The van der Waals surface area contributed by atoms with Crippen LogP contribution in [0.5, 0.6) is 0 Å². The van der Waals surface area contributed by atoms with Crippen LogP contribution in [0.3, 0.4) is 0 Å². The normalized spacial score (nSPS) is 15.5. The van der Waals surface area contributed by atoms with Crippen LogP contribution in [0.25, 0.3) is 0 Å². The Morgan fingerprint density at radius 2 is 1.33 bits per heavy atom. The first-order valence-electron chi connectivity index (χ1n) is 6.41. The lowest BCUT2D eigenvalue weighted by Gasteiger charge is -2.23. The molecule has 0 heterocycles. The maximum Gasteiger partial charge on any atom is 0.263 e. The fourth-order valence-electron chi connectivity index (χ4n) is 1.61. The van der Waals surface area contributed by atoms with E-state index in [1.807, 2.05) is 0 Å². The average molecular weight is 325 g/mol. The predicted molar refractivity (Wildman–Crippen MR) is 75.8 cm³/mol. The zero-order chi connectivity index (χ0) is 16.4. The van der Waals surface area contributed by atoms with Gasteiger partial charge in [0.2, 0.25) is 0 Å². The fourth-order valence-corrected chi connectivity index (χ4v) is 2.42. The Balaban J connectivity index is 3.08. The summed E-state index contributed by atoms with van der Waals surface area (Å²) < 4.78 is 65.3. The second-order valence-electron chi connectivity index (χ2n) is 5.76. The number of hydrogen-bond acceptors (Lipinski definition) is 1. The van der Waals surface area contributed by atoms with Crippen molar-refractivity contribution in [2.75, 3.05) is 0 Å². The van der Waals surface area contributed by atoms with Crippen molar-refractivity contribution in [2.45, 2.75) is 51.3 Å². The average Bonchev–Trinajstić information content (AvgIpc) is 2.36. The molecule has 0 spiro atoms. The van der Waals surface area contributed by atoms with Crippen molar-refractivity contribution in [3.63, 3.8) is 0 Å². The highest BCUT2D eigenvalue weighted by Crippen LogP contribution is 2.29. The summed E-state index contributed by atoms with van der Waals surface area (Å²) >= 11 is 0. The van der Waals surface area contributed by atoms with Gasteiger partial charge >= 0.3 is 0 Å². The third kappa shape index (κ3) is 5.07. The van der Waals surface area contributed by atoms with Crippen LogP contribution >= 0.6 is 0 Å². The summed E-state index contributed by atoms with van der Waals surface area (Å²) in [6, 6.07) is 2.54. The molecule has 1 N–H and O–H groups in total. The van der Waals surface area contributed by atoms with Gasteiger partial charge in [-0.05, 0) is 51.5 Å². The molecular weight excluding hydrogens is 306 g/mol. The zero-order valence-electron chi connectivity index (χ0n) is 12.3. The smallest absolute Gasteiger partial charge is 0.242 e. The van der Waals surface area contributed by atoms with Gasteiger partial charge in [-0.2, -0.15) is 0 Å². The molecule has 120 valence electrons. The fraction of sp³-hybridized carbons (Fsp3) is 0.571. The molecule has 2 atom stereocenters. The maximum atomic E-state index is 12.8. The van der Waals surface area contributed by atoms with Crippen LogP contribution in [0, 0.1) is 0 Å². The Morgan fingerprint density at radius 3 is 1.67 bits per heavy atom. The van der Waals surface area contributed by atoms with E-state index in [0.29, 0.717) is 0 Å². The molecule has 0 saturated heterocycles. The zero-order valence-corrected chi connectivity index (χ0v) is 13.1. The van der Waals surface area contributed by atoms with Crippen molar-refractivity contribution in [2.24, 2.45) is 0 Å². The maximum absolute atomic E-state index is 12.8. The molecule has 1 aromatic carbocycles. The molecular formula is C14H19F4NOS. The molecule has 7 heteroatoms. The van der Waals surface area contributed by atoms with Crippen molar-refractivity contribution >= 4 is 11.0 Å². The number of rotatable bonds is 5. The molecule has 0 aliphatic carbocycles. The number of alkyl halides is 4. The monoisotopic (exact) mass is 325 g/mol. The van der Waals surface area contributed by atoms with Crippen molar-refractivity contribution in [3.05, 3.63) is 34.9 Å². The second kappa shape index (κ2) is 6.87. The van der Waals surface area contributed by atoms with Gasteiger partial charge in [0, 0.05) is 17.2 Å². The van der Waals surface area contributed by atoms with Gasteiger partial charge in [-0.1, -0.05) is 0 Å². The Kier molecular flexibility index (Phi) is 5.92. The first-order chi connectivity index (χ1) is 9.52. The first-order valence-corrected chi connectivity index (χ1v) is 7.56. The van der Waals surface area contributed by atoms with Crippen molar-refractivity contribution in [1.82, 2.24) is 4.72 Å². The molecule has 0 bridgehead atoms. The van der Waals surface area contributed by atoms with E-state index >= 15 is 0 Å². The van der Waals surface area contributed by atoms with Gasteiger partial charge in [0.25, 0.3) is 12.9 Å². The van der Waals surface area contributed by atoms with Crippen LogP contribution in [-0.2, 0) is 11.0 Å². The first kappa shape index (κ1) is 18.1. The van der Waals surface area contributed by atoms with E-state index in [2.05, 4.69) is 4.72 Å². The number of benzene rings is 1. The van der Waals surface area contributed by atoms with Gasteiger partial charge < -0.3 is 0 Å². The SMILES string of the molecule is CC(NS(=O)C(C)(C)C)c1cc(C(F)F)cc(C(F)F)c1. The van der Waals surface area contributed by atoms with Crippen LogP contribution in [0.15, 0.2) is 18.2 Å². The summed E-state index contributed by atoms with van der Waals surface area (Å²) in [6.45, 7) is 6.86. The van der Waals surface area contributed by atoms with Crippen molar-refractivity contribution in [3.8, 4) is 0 Å². The van der Waals surface area contributed by atoms with E-state index in [0.717, 1.165) is 18.2 Å². The number of halogens is 4. The van der Waals surface area contributed by atoms with E-state index in [-0.39, 0.29) is 5.56 Å². The van der Waals surface area contributed by atoms with Crippen LogP contribution in [0.1, 0.15) is 63.3 Å². The predicted octanol–water partition coefficient (Wildman–Crippen LogP) is 4.67. The number of hydrogen-bond donors (Lipinski definition) is 1. The topological polar surface area (TPSA) is 29.1 Å². The van der Waals surface area contributed by atoms with Crippen LogP contribution in [0.2, 0.25) is 0 Å². The van der Waals surface area contributed by atoms with Gasteiger partial charge in [0.05, 0.1) is 15.7 Å². The minimum Gasteiger partial charge on any atom is -0.242 e. The molecule has 0 aliphatic heterocycles. The molecule has 0 amide bonds. The standard InChI is InChI=1S/C14H19F4NOS/c1-8(19-21(20)14(2,3)4)9-5-10(12(15)16)7-11(6-9)13(17)18/h5-8,12-13,19H,1-4H3. The van der Waals surface area contributed by atoms with Crippen LogP contribution in [-0.4, -0.2) is 8.96 Å². The van der Waals surface area contributed by atoms with E-state index < -0.39 is 45.8 Å². The number of nitrogens with one attached hydrogen (secondary N) is 1. The molecule has 21 heavy (non-hydrogen) atoms. The highest BCUT2D eigenvalue weighted by molar-refractivity contribution is 7.84. The Bertz CT molecular complexity index is 488. The van der Waals surface area contributed by atoms with Gasteiger partial charge in [-0.25, -0.2) is 26.5 Å². The molecule has 1 aromatic rings. The van der Waals surface area contributed by atoms with Crippen LogP contribution < -0.4 is 4.72 Å². The molecule has 0 aliphatic rings. The van der Waals surface area contributed by atoms with Gasteiger partial charge in [-0.3, -0.25) is 0 Å². The summed E-state index contributed by atoms with van der Waals surface area (Å²) in [5.41, 5.74) is -0.656. The van der Waals surface area contributed by atoms with Crippen LogP contribution in [0.4, 0.5) is 17.6 Å². The van der Waals surface area contributed by atoms with E-state index in [9.17, 15) is 21.8 Å². The lowest BCUT2D eigenvalue weighted by atomic mass is 10.0. The summed E-state index contributed by atoms with van der Waals surface area (Å²) in [7, 11) is -1.43. The Hall–Kier alpha value is -0.950. The highest BCUT2D eigenvalue weighted by atomic mass is 32.2. The highest BCUT2D eigenvalue weighted by Gasteiger charge is 2.23. The van der Waals surface area contributed by atoms with Gasteiger partial charge in [0.15, 0.2) is 0 Å². The summed E-state index contributed by atoms with van der Waals surface area (Å²) in [5.74, 6) is 0. The Labute approximate surface area is 124 Å². The lowest BCUT2D eigenvalue weighted by molar-refractivity contribution is 0.144. The van der Waals surface area contributed by atoms with E-state index in [4.69, 9.17) is 0 Å². The summed E-state index contributed by atoms with van der Waals surface area (Å²) in [4.78, 5) is 0. The quantitative estimate of drug-likeness (QED) is 0.783. The summed E-state index contributed by atoms with van der Waals surface area (Å²) in [6.07, 6.45) is -5.66. The minimum absolute atomic E-state index is 0.265. The molecule has 2 unspecified atom stereocenters. The Morgan fingerprint density at radius 1 is 0.952 bits per heavy atom. The van der Waals surface area contributed by atoms with Crippen molar-refractivity contribution in [1.29, 1.82) is 0 Å². The van der Waals surface area contributed by atoms with E-state index in [1.54, 1.807) is 27.7 Å². The van der Waals surface area contributed by atoms with Gasteiger partial charge in [0.1, 0.15) is 0 Å². The summed E-state index contributed by atoms with van der Waals surface area (Å²) in [5, 5.41) is 0. The lowest BCUT2D eigenvalue weighted by Crippen LogP contribution is -2.34. The molecule has 0 fully saturated rings. The molecule has 0 radical (unpaired) electrons. The molecule has 2 nitrogen and oxygen atoms in total.